The number of aromatic nitrogens is 1. The Morgan fingerprint density at radius 2 is 1.85 bits per heavy atom. The standard InChI is InChI=1S/C26H21ClN4O3/c27-21-9-5-4-8-19(21)10-11-22-23(25(32)34-16-17-6-2-1-3-7-17)24(31-26(33)30-22)20-12-18(13-28)14-29-15-20/h1-9,12,14-15,23-24H,10-11,16H2,(H,31,33). The smallest absolute Gasteiger partial charge is 0.341 e. The summed E-state index contributed by atoms with van der Waals surface area (Å²) in [5, 5.41) is 12.6. The number of aryl methyl sites for hydroxylation is 1. The van der Waals surface area contributed by atoms with E-state index >= 15 is 0 Å². The van der Waals surface area contributed by atoms with Crippen LogP contribution < -0.4 is 5.32 Å². The van der Waals surface area contributed by atoms with Crippen LogP contribution in [0.15, 0.2) is 78.0 Å². The second-order valence-electron chi connectivity index (χ2n) is 7.81. The minimum atomic E-state index is -0.875. The first-order chi connectivity index (χ1) is 16.5. The number of pyridine rings is 1. The molecule has 0 saturated carbocycles. The Morgan fingerprint density at radius 3 is 2.62 bits per heavy atom. The number of esters is 1. The molecule has 4 rings (SSSR count). The normalized spacial score (nSPS) is 17.3. The van der Waals surface area contributed by atoms with Gasteiger partial charge in [-0.15, -0.1) is 0 Å². The van der Waals surface area contributed by atoms with Crippen LogP contribution in [0.3, 0.4) is 0 Å². The van der Waals surface area contributed by atoms with Crippen molar-refractivity contribution in [2.24, 2.45) is 10.9 Å². The molecule has 0 radical (unpaired) electrons. The molecule has 1 aliphatic rings. The Balaban J connectivity index is 1.63. The van der Waals surface area contributed by atoms with E-state index in [9.17, 15) is 14.9 Å². The van der Waals surface area contributed by atoms with Gasteiger partial charge in [0, 0.05) is 23.1 Å². The van der Waals surface area contributed by atoms with E-state index in [1.807, 2.05) is 54.6 Å². The van der Waals surface area contributed by atoms with Gasteiger partial charge < -0.3 is 10.1 Å². The molecule has 2 aromatic carbocycles. The monoisotopic (exact) mass is 472 g/mol. The highest BCUT2D eigenvalue weighted by Gasteiger charge is 2.40. The number of ether oxygens (including phenoxy) is 1. The third-order valence-electron chi connectivity index (χ3n) is 5.55. The highest BCUT2D eigenvalue weighted by Crippen LogP contribution is 2.30. The van der Waals surface area contributed by atoms with Crippen LogP contribution in [0.1, 0.15) is 34.7 Å². The first-order valence-corrected chi connectivity index (χ1v) is 11.1. The maximum Gasteiger partial charge on any atom is 0.341 e. The van der Waals surface area contributed by atoms with Gasteiger partial charge in [-0.3, -0.25) is 9.78 Å². The van der Waals surface area contributed by atoms with Gasteiger partial charge in [0.2, 0.25) is 0 Å². The fourth-order valence-electron chi connectivity index (χ4n) is 3.87. The molecule has 170 valence electrons. The van der Waals surface area contributed by atoms with E-state index in [1.54, 1.807) is 12.1 Å². The quantitative estimate of drug-likeness (QED) is 0.497. The number of rotatable bonds is 7. The second kappa shape index (κ2) is 10.7. The van der Waals surface area contributed by atoms with E-state index in [0.717, 1.165) is 11.1 Å². The van der Waals surface area contributed by atoms with E-state index in [2.05, 4.69) is 15.3 Å². The summed E-state index contributed by atoms with van der Waals surface area (Å²) in [4.78, 5) is 34.0. The van der Waals surface area contributed by atoms with Crippen LogP contribution in [0.25, 0.3) is 0 Å². The SMILES string of the molecule is N#Cc1cncc(C2NC(=O)N=C(CCc3ccccc3Cl)C2C(=O)OCc2ccccc2)c1. The molecule has 1 aromatic heterocycles. The number of carbonyl (C=O) groups excluding carboxylic acids is 2. The number of urea groups is 1. The molecule has 2 amide bonds. The van der Waals surface area contributed by atoms with Crippen molar-refractivity contribution in [3.8, 4) is 6.07 Å². The molecule has 0 saturated heterocycles. The van der Waals surface area contributed by atoms with Gasteiger partial charge in [-0.25, -0.2) is 9.79 Å². The molecule has 3 aromatic rings. The van der Waals surface area contributed by atoms with Crippen LogP contribution in [-0.4, -0.2) is 22.7 Å². The van der Waals surface area contributed by atoms with Crippen molar-refractivity contribution >= 4 is 29.3 Å². The fraction of sp³-hybridized carbons (Fsp3) is 0.192. The number of nitrogens with zero attached hydrogens (tertiary/aromatic N) is 3. The first-order valence-electron chi connectivity index (χ1n) is 10.7. The van der Waals surface area contributed by atoms with Crippen molar-refractivity contribution in [2.45, 2.75) is 25.5 Å². The molecule has 8 heteroatoms. The van der Waals surface area contributed by atoms with Gasteiger partial charge in [-0.05, 0) is 41.7 Å². The number of benzene rings is 2. The van der Waals surface area contributed by atoms with Gasteiger partial charge in [0.25, 0.3) is 0 Å². The van der Waals surface area contributed by atoms with Crippen molar-refractivity contribution in [1.29, 1.82) is 5.26 Å². The fourth-order valence-corrected chi connectivity index (χ4v) is 4.10. The number of hydrogen-bond donors (Lipinski definition) is 1. The Hall–Kier alpha value is -4.02. The summed E-state index contributed by atoms with van der Waals surface area (Å²) in [7, 11) is 0. The predicted octanol–water partition coefficient (Wildman–Crippen LogP) is 4.80. The summed E-state index contributed by atoms with van der Waals surface area (Å²) in [6.45, 7) is 0.0884. The highest BCUT2D eigenvalue weighted by atomic mass is 35.5. The van der Waals surface area contributed by atoms with E-state index in [0.29, 0.717) is 34.7 Å². The van der Waals surface area contributed by atoms with Gasteiger partial charge in [-0.1, -0.05) is 60.1 Å². The Kier molecular flexibility index (Phi) is 7.31. The van der Waals surface area contributed by atoms with Crippen LogP contribution in [0, 0.1) is 17.2 Å². The Labute approximate surface area is 202 Å². The number of aliphatic imine (C=N–C) groups is 1. The molecular formula is C26H21ClN4O3. The van der Waals surface area contributed by atoms with Gasteiger partial charge in [-0.2, -0.15) is 5.26 Å². The van der Waals surface area contributed by atoms with Gasteiger partial charge >= 0.3 is 12.0 Å². The number of hydrogen-bond acceptors (Lipinski definition) is 5. The van der Waals surface area contributed by atoms with Crippen LogP contribution in [0.5, 0.6) is 0 Å². The Bertz CT molecular complexity index is 1270. The molecule has 0 aliphatic carbocycles. The lowest BCUT2D eigenvalue weighted by atomic mass is 9.85. The molecule has 1 aliphatic heterocycles. The minimum Gasteiger partial charge on any atom is -0.460 e. The van der Waals surface area contributed by atoms with Gasteiger partial charge in [0.1, 0.15) is 18.6 Å². The molecule has 0 fully saturated rings. The maximum atomic E-state index is 13.3. The predicted molar refractivity (Wildman–Crippen MR) is 127 cm³/mol. The van der Waals surface area contributed by atoms with Crippen molar-refractivity contribution < 1.29 is 14.3 Å². The molecule has 7 nitrogen and oxygen atoms in total. The summed E-state index contributed by atoms with van der Waals surface area (Å²) in [6.07, 6.45) is 3.78. The van der Waals surface area contributed by atoms with Gasteiger partial charge in [0.15, 0.2) is 0 Å². The average molecular weight is 473 g/mol. The number of halogens is 1. The molecule has 2 atom stereocenters. The van der Waals surface area contributed by atoms with Crippen molar-refractivity contribution in [3.05, 3.63) is 100 Å². The molecule has 0 bridgehead atoms. The van der Waals surface area contributed by atoms with Crippen molar-refractivity contribution in [2.75, 3.05) is 0 Å². The lowest BCUT2D eigenvalue weighted by molar-refractivity contribution is -0.148. The van der Waals surface area contributed by atoms with Crippen LogP contribution >= 0.6 is 11.6 Å². The molecule has 1 N–H and O–H groups in total. The summed E-state index contributed by atoms with van der Waals surface area (Å²) in [5.41, 5.74) is 2.98. The average Bonchev–Trinajstić information content (AvgIpc) is 2.87. The van der Waals surface area contributed by atoms with Crippen molar-refractivity contribution in [3.63, 3.8) is 0 Å². The maximum absolute atomic E-state index is 13.3. The number of amides is 2. The number of carbonyl (C=O) groups is 2. The second-order valence-corrected chi connectivity index (χ2v) is 8.22. The molecule has 2 heterocycles. The third kappa shape index (κ3) is 5.48. The molecular weight excluding hydrogens is 452 g/mol. The van der Waals surface area contributed by atoms with E-state index in [-0.39, 0.29) is 6.61 Å². The zero-order valence-corrected chi connectivity index (χ0v) is 18.9. The van der Waals surface area contributed by atoms with Crippen LogP contribution in [0.4, 0.5) is 4.79 Å². The topological polar surface area (TPSA) is 104 Å². The lowest BCUT2D eigenvalue weighted by Gasteiger charge is -2.31. The molecule has 0 spiro atoms. The summed E-state index contributed by atoms with van der Waals surface area (Å²) in [6, 6.07) is 19.0. The number of nitrogens with one attached hydrogen (secondary N) is 1. The van der Waals surface area contributed by atoms with E-state index in [4.69, 9.17) is 16.3 Å². The number of nitriles is 1. The van der Waals surface area contributed by atoms with Crippen LogP contribution in [0.2, 0.25) is 5.02 Å². The van der Waals surface area contributed by atoms with Crippen molar-refractivity contribution in [1.82, 2.24) is 10.3 Å². The Morgan fingerprint density at radius 1 is 1.09 bits per heavy atom. The molecule has 2 unspecified atom stereocenters. The zero-order valence-electron chi connectivity index (χ0n) is 18.1. The van der Waals surface area contributed by atoms with E-state index < -0.39 is 24.0 Å². The largest absolute Gasteiger partial charge is 0.460 e. The van der Waals surface area contributed by atoms with Crippen LogP contribution in [-0.2, 0) is 22.6 Å². The summed E-state index contributed by atoms with van der Waals surface area (Å²) in [5.74, 6) is -1.39. The highest BCUT2D eigenvalue weighted by molar-refractivity contribution is 6.31. The lowest BCUT2D eigenvalue weighted by Crippen LogP contribution is -2.45. The summed E-state index contributed by atoms with van der Waals surface area (Å²) < 4.78 is 5.63. The third-order valence-corrected chi connectivity index (χ3v) is 5.92. The molecule has 34 heavy (non-hydrogen) atoms. The zero-order chi connectivity index (χ0) is 23.9. The minimum absolute atomic E-state index is 0.0884. The summed E-state index contributed by atoms with van der Waals surface area (Å²) >= 11 is 6.30. The van der Waals surface area contributed by atoms with Gasteiger partial charge in [0.05, 0.1) is 11.6 Å². The first kappa shape index (κ1) is 23.1. The van der Waals surface area contributed by atoms with E-state index in [1.165, 1.54) is 12.4 Å².